The van der Waals surface area contributed by atoms with Gasteiger partial charge in [0.15, 0.2) is 0 Å². The van der Waals surface area contributed by atoms with Crippen molar-refractivity contribution in [3.63, 3.8) is 0 Å². The van der Waals surface area contributed by atoms with Gasteiger partial charge in [0.1, 0.15) is 0 Å². The van der Waals surface area contributed by atoms with Gasteiger partial charge in [0.2, 0.25) is 0 Å². The molecule has 0 saturated heterocycles. The lowest BCUT2D eigenvalue weighted by Gasteiger charge is -1.95. The third kappa shape index (κ3) is 35.2. The Morgan fingerprint density at radius 3 is 1.85 bits per heavy atom. The highest BCUT2D eigenvalue weighted by atomic mass is 16.9. The van der Waals surface area contributed by atoms with Crippen LogP contribution in [0, 0.1) is 15.3 Å². The summed E-state index contributed by atoms with van der Waals surface area (Å²) in [6.07, 6.45) is 8.33. The summed E-state index contributed by atoms with van der Waals surface area (Å²) in [6.45, 7) is 3.37. The van der Waals surface area contributed by atoms with E-state index in [1.807, 2.05) is 0 Å². The molecule has 0 amide bonds. The first kappa shape index (κ1) is 14.7. The number of quaternary nitrogens is 1. The monoisotopic (exact) mass is 192 g/mol. The minimum atomic E-state index is -1.75. The zero-order valence-electron chi connectivity index (χ0n) is 8.33. The fraction of sp³-hybridized carbons (Fsp3) is 1.00. The van der Waals surface area contributed by atoms with Crippen molar-refractivity contribution in [3.8, 4) is 0 Å². The Balaban J connectivity index is 0. The number of unbranched alkanes of at least 4 members (excludes halogenated alkanes) is 5. The third-order valence-electron chi connectivity index (χ3n) is 1.60. The van der Waals surface area contributed by atoms with E-state index in [1.165, 1.54) is 38.5 Å². The number of rotatable bonds is 6. The Kier molecular flexibility index (Phi) is 15.5. The molecule has 0 aliphatic heterocycles. The summed E-state index contributed by atoms with van der Waals surface area (Å²) >= 11 is 0. The van der Waals surface area contributed by atoms with Crippen LogP contribution in [-0.2, 0) is 0 Å². The van der Waals surface area contributed by atoms with Crippen LogP contribution in [0.3, 0.4) is 0 Å². The minimum Gasteiger partial charge on any atom is -0.358 e. The third-order valence-corrected chi connectivity index (χ3v) is 1.60. The van der Waals surface area contributed by atoms with Crippen molar-refractivity contribution in [2.75, 3.05) is 6.54 Å². The lowest BCUT2D eigenvalue weighted by Crippen LogP contribution is -2.50. The van der Waals surface area contributed by atoms with Crippen molar-refractivity contribution in [2.45, 2.75) is 45.4 Å². The Bertz CT molecular complexity index is 99.6. The lowest BCUT2D eigenvalue weighted by atomic mass is 10.1. The quantitative estimate of drug-likeness (QED) is 0.391. The number of nitrogens with zero attached hydrogens (tertiary/aromatic N) is 1. The van der Waals surface area contributed by atoms with Crippen LogP contribution in [-0.4, -0.2) is 11.6 Å². The summed E-state index contributed by atoms with van der Waals surface area (Å²) < 4.78 is 0. The Morgan fingerprint density at radius 2 is 1.46 bits per heavy atom. The fourth-order valence-corrected chi connectivity index (χ4v) is 0.957. The van der Waals surface area contributed by atoms with Gasteiger partial charge in [-0.25, -0.2) is 0 Å². The highest BCUT2D eigenvalue weighted by Gasteiger charge is 1.87. The zero-order valence-corrected chi connectivity index (χ0v) is 8.33. The molecule has 0 aromatic rings. The van der Waals surface area contributed by atoms with Gasteiger partial charge in [-0.05, 0) is 12.8 Å². The topological polar surface area (TPSA) is 93.8 Å². The molecule has 80 valence electrons. The van der Waals surface area contributed by atoms with Crippen LogP contribution in [0.1, 0.15) is 45.4 Å². The van der Waals surface area contributed by atoms with Gasteiger partial charge in [-0.3, -0.25) is 0 Å². The average molecular weight is 192 g/mol. The van der Waals surface area contributed by atoms with Crippen molar-refractivity contribution in [1.82, 2.24) is 0 Å². The fourth-order valence-electron chi connectivity index (χ4n) is 0.957. The zero-order chi connectivity index (χ0) is 10.5. The largest absolute Gasteiger partial charge is 0.358 e. The second kappa shape index (κ2) is 13.7. The molecule has 0 aromatic carbocycles. The summed E-state index contributed by atoms with van der Waals surface area (Å²) in [5.41, 5.74) is 3.80. The van der Waals surface area contributed by atoms with E-state index >= 15 is 0 Å². The first-order valence-electron chi connectivity index (χ1n) is 4.75. The van der Waals surface area contributed by atoms with E-state index in [0.717, 1.165) is 6.54 Å². The summed E-state index contributed by atoms with van der Waals surface area (Å²) in [6, 6.07) is 0. The summed E-state index contributed by atoms with van der Waals surface area (Å²) in [7, 11) is 0. The Morgan fingerprint density at radius 1 is 1.08 bits per heavy atom. The van der Waals surface area contributed by atoms with Crippen LogP contribution in [0.25, 0.3) is 0 Å². The van der Waals surface area contributed by atoms with Crippen LogP contribution in [0.15, 0.2) is 0 Å². The van der Waals surface area contributed by atoms with Crippen LogP contribution >= 0.6 is 0 Å². The molecule has 0 saturated carbocycles. The van der Waals surface area contributed by atoms with Crippen molar-refractivity contribution >= 4 is 0 Å². The van der Waals surface area contributed by atoms with Gasteiger partial charge in [-0.2, -0.15) is 0 Å². The van der Waals surface area contributed by atoms with Crippen LogP contribution in [0.2, 0.25) is 0 Å². The van der Waals surface area contributed by atoms with Gasteiger partial charge in [-0.1, -0.05) is 32.6 Å². The Labute approximate surface area is 79.0 Å². The standard InChI is InChI=1S/C8H19N.NO3/c1-2-3-4-5-6-7-8-9;2-1(3)4/h2-9H2,1H3;/q;-1/p+1. The first-order valence-corrected chi connectivity index (χ1v) is 4.75. The van der Waals surface area contributed by atoms with Crippen molar-refractivity contribution in [3.05, 3.63) is 15.3 Å². The van der Waals surface area contributed by atoms with Crippen LogP contribution in [0.4, 0.5) is 0 Å². The predicted molar refractivity (Wildman–Crippen MR) is 51.5 cm³/mol. The molecule has 0 bridgehead atoms. The van der Waals surface area contributed by atoms with Gasteiger partial charge >= 0.3 is 0 Å². The molecule has 0 fully saturated rings. The molecule has 0 aliphatic carbocycles. The highest BCUT2D eigenvalue weighted by Crippen LogP contribution is 2.03. The summed E-state index contributed by atoms with van der Waals surface area (Å²) in [5, 5.41) is 14.8. The Hall–Kier alpha value is -0.840. The van der Waals surface area contributed by atoms with E-state index in [1.54, 1.807) is 0 Å². The van der Waals surface area contributed by atoms with Crippen molar-refractivity contribution in [2.24, 2.45) is 0 Å². The molecular weight excluding hydrogens is 172 g/mol. The molecule has 5 nitrogen and oxygen atoms in total. The SMILES string of the molecule is CCCCCCCC[NH3+].O=[N+]([O-])[O-]. The van der Waals surface area contributed by atoms with Crippen LogP contribution < -0.4 is 5.73 Å². The van der Waals surface area contributed by atoms with Crippen molar-refractivity contribution in [1.29, 1.82) is 0 Å². The normalized spacial score (nSPS) is 8.77. The van der Waals surface area contributed by atoms with Gasteiger partial charge in [0, 0.05) is 0 Å². The average Bonchev–Trinajstić information content (AvgIpc) is 2.03. The number of hydrogen-bond donors (Lipinski definition) is 1. The van der Waals surface area contributed by atoms with Gasteiger partial charge in [0.25, 0.3) is 0 Å². The maximum atomic E-state index is 8.25. The molecule has 0 rings (SSSR count). The molecular formula is C8H20N2O3. The molecule has 0 atom stereocenters. The predicted octanol–water partition coefficient (Wildman–Crippen LogP) is 1.35. The first-order chi connectivity index (χ1) is 6.15. The molecule has 0 spiro atoms. The second-order valence-corrected chi connectivity index (χ2v) is 2.84. The summed E-state index contributed by atoms with van der Waals surface area (Å²) in [4.78, 5) is 8.25. The maximum absolute atomic E-state index is 8.25. The molecule has 3 N–H and O–H groups in total. The van der Waals surface area contributed by atoms with E-state index in [4.69, 9.17) is 15.3 Å². The van der Waals surface area contributed by atoms with E-state index in [0.29, 0.717) is 0 Å². The lowest BCUT2D eigenvalue weighted by molar-refractivity contribution is -0.402. The van der Waals surface area contributed by atoms with E-state index in [-0.39, 0.29) is 0 Å². The molecule has 0 aromatic heterocycles. The molecule has 0 aliphatic rings. The van der Waals surface area contributed by atoms with E-state index in [9.17, 15) is 0 Å². The molecule has 0 heterocycles. The van der Waals surface area contributed by atoms with Gasteiger partial charge in [0.05, 0.1) is 11.6 Å². The van der Waals surface area contributed by atoms with Gasteiger partial charge in [-0.15, -0.1) is 0 Å². The van der Waals surface area contributed by atoms with Crippen LogP contribution in [0.5, 0.6) is 0 Å². The van der Waals surface area contributed by atoms with Gasteiger partial charge < -0.3 is 21.1 Å². The van der Waals surface area contributed by atoms with E-state index in [2.05, 4.69) is 12.7 Å². The van der Waals surface area contributed by atoms with Crippen molar-refractivity contribution < 1.29 is 10.8 Å². The minimum absolute atomic E-state index is 1.12. The number of hydrogen-bond acceptors (Lipinski definition) is 3. The molecule has 13 heavy (non-hydrogen) atoms. The molecule has 5 heteroatoms. The maximum Gasteiger partial charge on any atom is 0.0739 e. The molecule has 0 unspecified atom stereocenters. The smallest absolute Gasteiger partial charge is 0.0739 e. The van der Waals surface area contributed by atoms with E-state index < -0.39 is 5.09 Å². The summed E-state index contributed by atoms with van der Waals surface area (Å²) in [5.74, 6) is 0. The highest BCUT2D eigenvalue weighted by molar-refractivity contribution is 4.41. The second-order valence-electron chi connectivity index (χ2n) is 2.84. The molecule has 0 radical (unpaired) electrons.